The first-order valence-corrected chi connectivity index (χ1v) is 16.0. The molecule has 0 spiro atoms. The lowest BCUT2D eigenvalue weighted by atomic mass is 9.84. The predicted molar refractivity (Wildman–Crippen MR) is 168 cm³/mol. The molecule has 43 heavy (non-hydrogen) atoms. The summed E-state index contributed by atoms with van der Waals surface area (Å²) in [5, 5.41) is 0. The fraction of sp³-hybridized carbons (Fsp3) is 0.486. The normalized spacial score (nSPS) is 27.4. The fourth-order valence-electron chi connectivity index (χ4n) is 7.10. The van der Waals surface area contributed by atoms with Crippen molar-refractivity contribution in [3.63, 3.8) is 0 Å². The molecular weight excluding hydrogens is 540 g/mol. The summed E-state index contributed by atoms with van der Waals surface area (Å²) in [6.07, 6.45) is 1.44. The zero-order valence-corrected chi connectivity index (χ0v) is 24.6. The van der Waals surface area contributed by atoms with E-state index in [0.717, 1.165) is 78.8 Å². The maximum atomic E-state index is 5.67. The van der Waals surface area contributed by atoms with Gasteiger partial charge in [0.05, 0.1) is 73.6 Å². The van der Waals surface area contributed by atoms with E-state index in [2.05, 4.69) is 86.3 Å². The summed E-state index contributed by atoms with van der Waals surface area (Å²) in [4.78, 5) is 10.1. The molecule has 0 aromatic heterocycles. The van der Waals surface area contributed by atoms with Crippen LogP contribution in [0, 0.1) is 0 Å². The number of nitrogens with zero attached hydrogens (tertiary/aromatic N) is 4. The summed E-state index contributed by atoms with van der Waals surface area (Å²) in [5.74, 6) is 0.124. The van der Waals surface area contributed by atoms with Crippen molar-refractivity contribution < 1.29 is 18.9 Å². The molecule has 224 valence electrons. The Morgan fingerprint density at radius 2 is 0.837 bits per heavy atom. The summed E-state index contributed by atoms with van der Waals surface area (Å²) in [7, 11) is 0. The van der Waals surface area contributed by atoms with Crippen molar-refractivity contribution in [2.75, 3.05) is 98.4 Å². The van der Waals surface area contributed by atoms with Crippen LogP contribution in [0.15, 0.2) is 66.7 Å². The van der Waals surface area contributed by atoms with Gasteiger partial charge in [0.2, 0.25) is 0 Å². The number of hydrogen-bond donors (Lipinski definition) is 0. The molecule has 4 saturated heterocycles. The molecule has 8 nitrogen and oxygen atoms in total. The Morgan fingerprint density at radius 1 is 0.465 bits per heavy atom. The van der Waals surface area contributed by atoms with E-state index in [-0.39, 0.29) is 5.92 Å². The fourth-order valence-corrected chi connectivity index (χ4v) is 7.10. The van der Waals surface area contributed by atoms with Gasteiger partial charge >= 0.3 is 0 Å². The van der Waals surface area contributed by atoms with Crippen molar-refractivity contribution in [1.82, 2.24) is 0 Å². The Labute approximate surface area is 253 Å². The van der Waals surface area contributed by atoms with Crippen LogP contribution in [0.5, 0.6) is 0 Å². The zero-order valence-electron chi connectivity index (χ0n) is 24.6. The number of benzene rings is 3. The van der Waals surface area contributed by atoms with Crippen LogP contribution in [-0.2, 0) is 18.9 Å². The van der Waals surface area contributed by atoms with E-state index < -0.39 is 0 Å². The number of anilines is 4. The van der Waals surface area contributed by atoms with Crippen LogP contribution in [0.2, 0.25) is 0 Å². The van der Waals surface area contributed by atoms with Crippen molar-refractivity contribution in [2.24, 2.45) is 0 Å². The minimum Gasteiger partial charge on any atom is -0.371 e. The predicted octanol–water partition coefficient (Wildman–Crippen LogP) is 3.71. The van der Waals surface area contributed by atoms with Crippen molar-refractivity contribution in [3.05, 3.63) is 83.4 Å². The largest absolute Gasteiger partial charge is 0.371 e. The van der Waals surface area contributed by atoms with Crippen molar-refractivity contribution in [3.8, 4) is 0 Å². The van der Waals surface area contributed by atoms with Crippen LogP contribution < -0.4 is 19.6 Å². The molecule has 4 unspecified atom stereocenters. The van der Waals surface area contributed by atoms with E-state index >= 15 is 0 Å². The van der Waals surface area contributed by atoms with E-state index in [0.29, 0.717) is 24.4 Å². The summed E-state index contributed by atoms with van der Waals surface area (Å²) in [6, 6.07) is 25.4. The van der Waals surface area contributed by atoms with Gasteiger partial charge in [-0.2, -0.15) is 0 Å². The molecule has 0 saturated carbocycles. The standard InChI is InChI=1S/C35H40N4O4/c1-2-4-24(5-3-1)35(25-6-8-31-33(14-25)38(18-29-22-42-29)12-10-36(31)16-27-20-40-27)26-7-9-32-34(15-26)39(19-30-23-43-30)13-11-37(32)17-28-21-41-28/h1-9,14-15,27-30,35H,10-13,16-23H2. The number of fused-ring (bicyclic) bond motifs is 2. The quantitative estimate of drug-likeness (QED) is 0.251. The molecular formula is C35H40N4O4. The zero-order chi connectivity index (χ0) is 28.3. The smallest absolute Gasteiger partial charge is 0.0984 e. The van der Waals surface area contributed by atoms with Gasteiger partial charge in [-0.1, -0.05) is 42.5 Å². The first kappa shape index (κ1) is 26.1. The minimum atomic E-state index is 0.124. The topological polar surface area (TPSA) is 63.1 Å². The molecule has 0 N–H and O–H groups in total. The number of ether oxygens (including phenoxy) is 4. The second-order valence-electron chi connectivity index (χ2n) is 12.9. The summed E-state index contributed by atoms with van der Waals surface area (Å²) in [5.41, 5.74) is 9.24. The van der Waals surface area contributed by atoms with Crippen LogP contribution in [-0.4, -0.2) is 103 Å². The molecule has 9 rings (SSSR count). The van der Waals surface area contributed by atoms with Gasteiger partial charge < -0.3 is 38.5 Å². The highest BCUT2D eigenvalue weighted by Crippen LogP contribution is 2.43. The lowest BCUT2D eigenvalue weighted by molar-refractivity contribution is 0.400. The monoisotopic (exact) mass is 580 g/mol. The lowest BCUT2D eigenvalue weighted by Crippen LogP contribution is -2.44. The third-order valence-electron chi connectivity index (χ3n) is 9.75. The van der Waals surface area contributed by atoms with Gasteiger partial charge in [0.1, 0.15) is 0 Å². The van der Waals surface area contributed by atoms with Crippen LogP contribution in [0.3, 0.4) is 0 Å². The first-order chi connectivity index (χ1) is 21.2. The lowest BCUT2D eigenvalue weighted by Gasteiger charge is -2.40. The summed E-state index contributed by atoms with van der Waals surface area (Å²) in [6.45, 7) is 11.4. The van der Waals surface area contributed by atoms with E-state index in [1.165, 1.54) is 39.4 Å². The highest BCUT2D eigenvalue weighted by Gasteiger charge is 2.35. The van der Waals surface area contributed by atoms with Gasteiger partial charge in [-0.25, -0.2) is 0 Å². The SMILES string of the molecule is c1ccc(C(c2ccc3c(c2)N(CC2CO2)CCN3CC2CO2)c2ccc3c(c2)N(CC2CO2)CCN3CC2CO2)cc1. The highest BCUT2D eigenvalue weighted by atomic mass is 16.6. The maximum Gasteiger partial charge on any atom is 0.0984 e. The number of epoxide rings is 4. The highest BCUT2D eigenvalue weighted by molar-refractivity contribution is 5.77. The average Bonchev–Trinajstić information content (AvgIpc) is 3.85. The summed E-state index contributed by atoms with van der Waals surface area (Å²) >= 11 is 0. The van der Waals surface area contributed by atoms with E-state index in [1.807, 2.05) is 0 Å². The van der Waals surface area contributed by atoms with Crippen LogP contribution >= 0.6 is 0 Å². The van der Waals surface area contributed by atoms with Gasteiger partial charge in [-0.15, -0.1) is 0 Å². The van der Waals surface area contributed by atoms with Crippen LogP contribution in [0.4, 0.5) is 22.7 Å². The van der Waals surface area contributed by atoms with Gasteiger partial charge in [0, 0.05) is 58.3 Å². The Hall–Kier alpha value is -3.30. The molecule has 4 fully saturated rings. The molecule has 0 radical (unpaired) electrons. The van der Waals surface area contributed by atoms with Crippen molar-refractivity contribution >= 4 is 22.7 Å². The minimum absolute atomic E-state index is 0.124. The summed E-state index contributed by atoms with van der Waals surface area (Å²) < 4.78 is 22.6. The molecule has 6 aliphatic heterocycles. The van der Waals surface area contributed by atoms with E-state index in [1.54, 1.807) is 0 Å². The first-order valence-electron chi connectivity index (χ1n) is 16.0. The molecule has 0 amide bonds. The molecule has 3 aromatic carbocycles. The molecule has 8 heteroatoms. The number of rotatable bonds is 11. The Kier molecular flexibility index (Phi) is 6.50. The Morgan fingerprint density at radius 3 is 1.21 bits per heavy atom. The second-order valence-corrected chi connectivity index (χ2v) is 12.9. The van der Waals surface area contributed by atoms with Gasteiger partial charge in [-0.05, 0) is 41.0 Å². The third kappa shape index (κ3) is 5.57. The van der Waals surface area contributed by atoms with Gasteiger partial charge in [-0.3, -0.25) is 0 Å². The Bertz CT molecular complexity index is 1380. The van der Waals surface area contributed by atoms with Gasteiger partial charge in [0.15, 0.2) is 0 Å². The van der Waals surface area contributed by atoms with Crippen molar-refractivity contribution in [1.29, 1.82) is 0 Å². The van der Waals surface area contributed by atoms with Crippen molar-refractivity contribution in [2.45, 2.75) is 30.3 Å². The van der Waals surface area contributed by atoms with Crippen LogP contribution in [0.25, 0.3) is 0 Å². The maximum absolute atomic E-state index is 5.67. The van der Waals surface area contributed by atoms with E-state index in [9.17, 15) is 0 Å². The van der Waals surface area contributed by atoms with Gasteiger partial charge in [0.25, 0.3) is 0 Å². The van der Waals surface area contributed by atoms with Crippen LogP contribution in [0.1, 0.15) is 22.6 Å². The van der Waals surface area contributed by atoms with E-state index in [4.69, 9.17) is 18.9 Å². The molecule has 4 atom stereocenters. The molecule has 0 aliphatic carbocycles. The average molecular weight is 581 g/mol. The molecule has 6 heterocycles. The molecule has 0 bridgehead atoms. The third-order valence-corrected chi connectivity index (χ3v) is 9.75. The molecule has 6 aliphatic rings. The number of hydrogen-bond acceptors (Lipinski definition) is 8. The Balaban J connectivity index is 1.12. The second kappa shape index (κ2) is 10.7. The molecule has 3 aromatic rings.